The molecule has 9 nitrogen and oxygen atoms in total. The molecule has 42 heavy (non-hydrogen) atoms. The van der Waals surface area contributed by atoms with Crippen LogP contribution in [-0.4, -0.2) is 47.2 Å². The number of aromatic nitrogens is 2. The topological polar surface area (TPSA) is 113 Å². The summed E-state index contributed by atoms with van der Waals surface area (Å²) in [6.45, 7) is 3.00. The van der Waals surface area contributed by atoms with Crippen molar-refractivity contribution >= 4 is 38.6 Å². The van der Waals surface area contributed by atoms with Crippen molar-refractivity contribution in [3.8, 4) is 0 Å². The van der Waals surface area contributed by atoms with Crippen LogP contribution in [0.3, 0.4) is 0 Å². The molecule has 2 heterocycles. The van der Waals surface area contributed by atoms with E-state index in [-0.39, 0.29) is 23.3 Å². The first-order valence-electron chi connectivity index (χ1n) is 14.6. The zero-order chi connectivity index (χ0) is 29.5. The number of nitrogens with one attached hydrogen (secondary N) is 2. The molecule has 5 rings (SSSR count). The summed E-state index contributed by atoms with van der Waals surface area (Å²) in [5.41, 5.74) is 2.45. The van der Waals surface area contributed by atoms with Crippen LogP contribution >= 0.6 is 0 Å². The van der Waals surface area contributed by atoms with E-state index in [0.717, 1.165) is 43.1 Å². The molecule has 10 heteroatoms. The van der Waals surface area contributed by atoms with E-state index in [9.17, 15) is 18.0 Å². The van der Waals surface area contributed by atoms with Gasteiger partial charge < -0.3 is 15.2 Å². The van der Waals surface area contributed by atoms with Crippen LogP contribution in [0.25, 0.3) is 11.0 Å². The van der Waals surface area contributed by atoms with Crippen molar-refractivity contribution in [2.45, 2.75) is 62.9 Å². The minimum absolute atomic E-state index is 0.0552. The van der Waals surface area contributed by atoms with Crippen molar-refractivity contribution in [3.05, 3.63) is 90.3 Å². The fourth-order valence-corrected chi connectivity index (χ4v) is 6.98. The van der Waals surface area contributed by atoms with Crippen LogP contribution in [-0.2, 0) is 21.4 Å². The maximum absolute atomic E-state index is 13.4. The molecule has 3 aromatic carbocycles. The average molecular weight is 588 g/mol. The third-order valence-corrected chi connectivity index (χ3v) is 9.43. The lowest BCUT2D eigenvalue weighted by atomic mass is 10.1. The highest BCUT2D eigenvalue weighted by molar-refractivity contribution is 7.89. The molecule has 0 unspecified atom stereocenters. The third kappa shape index (κ3) is 6.71. The van der Waals surface area contributed by atoms with Crippen molar-refractivity contribution < 1.29 is 18.0 Å². The lowest BCUT2D eigenvalue weighted by Gasteiger charge is -2.21. The maximum atomic E-state index is 13.4. The van der Waals surface area contributed by atoms with Crippen molar-refractivity contribution in [2.24, 2.45) is 0 Å². The lowest BCUT2D eigenvalue weighted by Crippen LogP contribution is -2.32. The van der Waals surface area contributed by atoms with Gasteiger partial charge in [0.1, 0.15) is 12.4 Å². The Morgan fingerprint density at radius 1 is 0.905 bits per heavy atom. The first-order chi connectivity index (χ1) is 20.4. The van der Waals surface area contributed by atoms with Gasteiger partial charge in [0.25, 0.3) is 5.91 Å². The molecular formula is C32H37N5O4S. The number of nitrogens with zero attached hydrogens (tertiary/aromatic N) is 3. The highest BCUT2D eigenvalue weighted by Crippen LogP contribution is 2.26. The minimum atomic E-state index is -3.65. The average Bonchev–Trinajstić information content (AvgIpc) is 3.15. The van der Waals surface area contributed by atoms with Gasteiger partial charge in [-0.1, -0.05) is 62.6 Å². The second-order valence-corrected chi connectivity index (χ2v) is 12.6. The number of imidazole rings is 1. The van der Waals surface area contributed by atoms with Crippen LogP contribution < -0.4 is 10.6 Å². The molecule has 1 atom stereocenters. The number of carbonyl (C=O) groups is 2. The summed E-state index contributed by atoms with van der Waals surface area (Å²) in [5.74, 6) is 0.0582. The SMILES string of the molecule is CCC[C@H](NC(=O)c1ccccc1)c1nc2ccccc2n1CC(=O)Nc1cccc(S(=O)(=O)N2CCCCCC2)c1. The van der Waals surface area contributed by atoms with Crippen LogP contribution in [0.2, 0.25) is 0 Å². The zero-order valence-corrected chi connectivity index (χ0v) is 24.6. The monoisotopic (exact) mass is 587 g/mol. The Morgan fingerprint density at radius 2 is 1.62 bits per heavy atom. The Balaban J connectivity index is 1.39. The van der Waals surface area contributed by atoms with Crippen LogP contribution in [0, 0.1) is 0 Å². The van der Waals surface area contributed by atoms with Gasteiger partial charge >= 0.3 is 0 Å². The van der Waals surface area contributed by atoms with Gasteiger partial charge in [-0.15, -0.1) is 0 Å². The molecule has 1 aliphatic heterocycles. The Hall–Kier alpha value is -4.02. The Kier molecular flexibility index (Phi) is 9.34. The van der Waals surface area contributed by atoms with Crippen molar-refractivity contribution in [3.63, 3.8) is 0 Å². The number of rotatable bonds is 10. The second-order valence-electron chi connectivity index (χ2n) is 10.6. The number of amides is 2. The van der Waals surface area contributed by atoms with E-state index in [1.54, 1.807) is 34.6 Å². The molecule has 1 saturated heterocycles. The van der Waals surface area contributed by atoms with E-state index in [4.69, 9.17) is 4.98 Å². The summed E-state index contributed by atoms with van der Waals surface area (Å²) in [6, 6.07) is 22.6. The Bertz CT molecular complexity index is 1640. The predicted molar refractivity (Wildman–Crippen MR) is 164 cm³/mol. The van der Waals surface area contributed by atoms with Crippen molar-refractivity contribution in [1.29, 1.82) is 0 Å². The molecule has 1 aliphatic rings. The summed E-state index contributed by atoms with van der Waals surface area (Å²) in [7, 11) is -3.65. The number of hydrogen-bond acceptors (Lipinski definition) is 5. The molecule has 2 amide bonds. The van der Waals surface area contributed by atoms with Crippen LogP contribution in [0.5, 0.6) is 0 Å². The van der Waals surface area contributed by atoms with Crippen molar-refractivity contribution in [2.75, 3.05) is 18.4 Å². The van der Waals surface area contributed by atoms with Gasteiger partial charge in [0.05, 0.1) is 22.0 Å². The summed E-state index contributed by atoms with van der Waals surface area (Å²) >= 11 is 0. The van der Waals surface area contributed by atoms with Crippen LogP contribution in [0.4, 0.5) is 5.69 Å². The summed E-state index contributed by atoms with van der Waals surface area (Å²) in [5, 5.41) is 5.99. The number of benzene rings is 3. The fraction of sp³-hybridized carbons (Fsp3) is 0.344. The molecule has 0 saturated carbocycles. The predicted octanol–water partition coefficient (Wildman–Crippen LogP) is 5.51. The number of carbonyl (C=O) groups excluding carboxylic acids is 2. The Morgan fingerprint density at radius 3 is 2.36 bits per heavy atom. The van der Waals surface area contributed by atoms with E-state index in [2.05, 4.69) is 10.6 Å². The molecule has 0 spiro atoms. The molecule has 0 bridgehead atoms. The zero-order valence-electron chi connectivity index (χ0n) is 23.8. The van der Waals surface area contributed by atoms with E-state index in [1.165, 1.54) is 6.07 Å². The number of fused-ring (bicyclic) bond motifs is 1. The smallest absolute Gasteiger partial charge is 0.251 e. The van der Waals surface area contributed by atoms with Gasteiger partial charge in [-0.3, -0.25) is 9.59 Å². The van der Waals surface area contributed by atoms with E-state index in [0.29, 0.717) is 36.6 Å². The van der Waals surface area contributed by atoms with Crippen LogP contribution in [0.15, 0.2) is 83.8 Å². The largest absolute Gasteiger partial charge is 0.342 e. The Labute approximate surface area is 247 Å². The normalized spacial score (nSPS) is 15.2. The molecule has 2 N–H and O–H groups in total. The molecule has 0 aliphatic carbocycles. The van der Waals surface area contributed by atoms with E-state index >= 15 is 0 Å². The molecular weight excluding hydrogens is 550 g/mol. The second kappa shape index (κ2) is 13.3. The van der Waals surface area contributed by atoms with Gasteiger partial charge in [0.2, 0.25) is 15.9 Å². The van der Waals surface area contributed by atoms with Gasteiger partial charge in [-0.05, 0) is 61.7 Å². The molecule has 1 fully saturated rings. The summed E-state index contributed by atoms with van der Waals surface area (Å²) < 4.78 is 30.0. The molecule has 4 aromatic rings. The quantitative estimate of drug-likeness (QED) is 0.254. The first-order valence-corrected chi connectivity index (χ1v) is 16.0. The highest BCUT2D eigenvalue weighted by Gasteiger charge is 2.26. The van der Waals surface area contributed by atoms with Gasteiger partial charge in [-0.25, -0.2) is 13.4 Å². The van der Waals surface area contributed by atoms with E-state index < -0.39 is 16.1 Å². The van der Waals surface area contributed by atoms with Crippen molar-refractivity contribution in [1.82, 2.24) is 19.2 Å². The lowest BCUT2D eigenvalue weighted by molar-refractivity contribution is -0.116. The van der Waals surface area contributed by atoms with Gasteiger partial charge in [-0.2, -0.15) is 4.31 Å². The van der Waals surface area contributed by atoms with Crippen LogP contribution in [0.1, 0.15) is 67.7 Å². The summed E-state index contributed by atoms with van der Waals surface area (Å²) in [6.07, 6.45) is 5.20. The molecule has 1 aromatic heterocycles. The van der Waals surface area contributed by atoms with Gasteiger partial charge in [0, 0.05) is 24.3 Å². The first kappa shape index (κ1) is 29.5. The number of para-hydroxylation sites is 2. The summed E-state index contributed by atoms with van der Waals surface area (Å²) in [4.78, 5) is 31.5. The number of hydrogen-bond donors (Lipinski definition) is 2. The van der Waals surface area contributed by atoms with Gasteiger partial charge in [0.15, 0.2) is 0 Å². The standard InChI is InChI=1S/C32H37N5O4S/c1-2-13-28(35-32(39)24-14-6-5-7-15-24)31-34-27-18-8-9-19-29(27)37(31)23-30(38)33-25-16-12-17-26(22-25)42(40,41)36-20-10-3-4-11-21-36/h5-9,12,14-19,22,28H,2-4,10-11,13,20-21,23H2,1H3,(H,33,38)(H,35,39)/t28-/m0/s1. The molecule has 0 radical (unpaired) electrons. The number of anilines is 1. The third-order valence-electron chi connectivity index (χ3n) is 7.54. The highest BCUT2D eigenvalue weighted by atomic mass is 32.2. The maximum Gasteiger partial charge on any atom is 0.251 e. The molecule has 220 valence electrons. The fourth-order valence-electron chi connectivity index (χ4n) is 5.42. The van der Waals surface area contributed by atoms with E-state index in [1.807, 2.05) is 54.0 Å². The number of sulfonamides is 1. The minimum Gasteiger partial charge on any atom is -0.342 e.